The highest BCUT2D eigenvalue weighted by Crippen LogP contribution is 2.25. The van der Waals surface area contributed by atoms with Crippen LogP contribution < -0.4 is 5.73 Å². The minimum atomic E-state index is -0.301. The fraction of sp³-hybridized carbons (Fsp3) is 0.417. The van der Waals surface area contributed by atoms with Gasteiger partial charge < -0.3 is 10.7 Å². The summed E-state index contributed by atoms with van der Waals surface area (Å²) in [4.78, 5) is 7.49. The number of aromatic nitrogens is 2. The van der Waals surface area contributed by atoms with Gasteiger partial charge in [0.25, 0.3) is 0 Å². The van der Waals surface area contributed by atoms with Crippen molar-refractivity contribution < 1.29 is 4.39 Å². The van der Waals surface area contributed by atoms with Crippen LogP contribution in [0.4, 0.5) is 4.39 Å². The molecule has 5 heteroatoms. The Hall–Kier alpha value is -0.940. The molecular formula is C12H15BrFN3. The third kappa shape index (κ3) is 2.35. The first-order chi connectivity index (χ1) is 8.02. The van der Waals surface area contributed by atoms with E-state index >= 15 is 0 Å². The van der Waals surface area contributed by atoms with Gasteiger partial charge in [-0.15, -0.1) is 0 Å². The number of benzene rings is 1. The van der Waals surface area contributed by atoms with Crippen LogP contribution >= 0.6 is 15.9 Å². The number of nitrogens with zero attached hydrogens (tertiary/aromatic N) is 1. The zero-order valence-corrected chi connectivity index (χ0v) is 11.4. The summed E-state index contributed by atoms with van der Waals surface area (Å²) in [5, 5.41) is 0. The van der Waals surface area contributed by atoms with Crippen LogP contribution in [0.1, 0.15) is 32.1 Å². The molecule has 0 amide bonds. The topological polar surface area (TPSA) is 54.7 Å². The summed E-state index contributed by atoms with van der Waals surface area (Å²) in [5.74, 6) is 0.750. The fourth-order valence-electron chi connectivity index (χ4n) is 1.71. The fourth-order valence-corrected chi connectivity index (χ4v) is 2.04. The third-order valence-corrected chi connectivity index (χ3v) is 3.72. The molecule has 0 aliphatic heterocycles. The van der Waals surface area contributed by atoms with Gasteiger partial charge in [-0.1, -0.05) is 20.3 Å². The predicted molar refractivity (Wildman–Crippen MR) is 70.1 cm³/mol. The van der Waals surface area contributed by atoms with Gasteiger partial charge in [-0.2, -0.15) is 0 Å². The third-order valence-electron chi connectivity index (χ3n) is 3.11. The summed E-state index contributed by atoms with van der Waals surface area (Å²) >= 11 is 3.15. The van der Waals surface area contributed by atoms with Crippen molar-refractivity contribution in [2.45, 2.75) is 26.3 Å². The van der Waals surface area contributed by atoms with Gasteiger partial charge in [0, 0.05) is 6.07 Å². The number of H-pyrrole nitrogens is 1. The lowest BCUT2D eigenvalue weighted by Gasteiger charge is -2.15. The van der Waals surface area contributed by atoms with Gasteiger partial charge in [0.05, 0.1) is 21.5 Å². The SMILES string of the molecule is CCC(C)C(N)c1nc2cc(Br)c(F)cc2[nH]1. The average Bonchev–Trinajstić information content (AvgIpc) is 2.70. The van der Waals surface area contributed by atoms with Gasteiger partial charge in [0.15, 0.2) is 0 Å². The van der Waals surface area contributed by atoms with Crippen LogP contribution in [-0.4, -0.2) is 9.97 Å². The molecule has 1 heterocycles. The molecule has 1 aromatic carbocycles. The molecule has 92 valence electrons. The normalized spacial score (nSPS) is 15.1. The zero-order chi connectivity index (χ0) is 12.6. The smallest absolute Gasteiger partial charge is 0.139 e. The van der Waals surface area contributed by atoms with Crippen molar-refractivity contribution in [1.29, 1.82) is 0 Å². The van der Waals surface area contributed by atoms with Gasteiger partial charge in [-0.3, -0.25) is 0 Å². The first kappa shape index (κ1) is 12.5. The number of fused-ring (bicyclic) bond motifs is 1. The van der Waals surface area contributed by atoms with Crippen LogP contribution in [0.15, 0.2) is 16.6 Å². The summed E-state index contributed by atoms with van der Waals surface area (Å²) in [5.41, 5.74) is 7.50. The number of nitrogens with two attached hydrogens (primary N) is 1. The van der Waals surface area contributed by atoms with E-state index in [1.807, 2.05) is 0 Å². The molecule has 0 aliphatic carbocycles. The van der Waals surface area contributed by atoms with E-state index in [2.05, 4.69) is 39.7 Å². The maximum Gasteiger partial charge on any atom is 0.139 e. The van der Waals surface area contributed by atoms with Crippen LogP contribution in [0.2, 0.25) is 0 Å². The highest BCUT2D eigenvalue weighted by molar-refractivity contribution is 9.10. The van der Waals surface area contributed by atoms with E-state index in [1.54, 1.807) is 6.07 Å². The van der Waals surface area contributed by atoms with E-state index in [-0.39, 0.29) is 11.9 Å². The molecule has 0 fully saturated rings. The lowest BCUT2D eigenvalue weighted by Crippen LogP contribution is -2.19. The van der Waals surface area contributed by atoms with Gasteiger partial charge in [0.1, 0.15) is 11.6 Å². The van der Waals surface area contributed by atoms with E-state index in [9.17, 15) is 4.39 Å². The van der Waals surface area contributed by atoms with Crippen molar-refractivity contribution in [3.63, 3.8) is 0 Å². The molecular weight excluding hydrogens is 285 g/mol. The van der Waals surface area contributed by atoms with Crippen LogP contribution in [0.3, 0.4) is 0 Å². The number of hydrogen-bond donors (Lipinski definition) is 2. The molecule has 0 aliphatic rings. The molecule has 0 saturated heterocycles. The summed E-state index contributed by atoms with van der Waals surface area (Å²) in [6.07, 6.45) is 0.982. The largest absolute Gasteiger partial charge is 0.341 e. The molecule has 0 bridgehead atoms. The Kier molecular flexibility index (Phi) is 3.49. The van der Waals surface area contributed by atoms with Crippen molar-refractivity contribution in [1.82, 2.24) is 9.97 Å². The number of rotatable bonds is 3. The molecule has 0 spiro atoms. The Morgan fingerprint density at radius 2 is 2.24 bits per heavy atom. The molecule has 17 heavy (non-hydrogen) atoms. The highest BCUT2D eigenvalue weighted by atomic mass is 79.9. The first-order valence-electron chi connectivity index (χ1n) is 5.63. The van der Waals surface area contributed by atoms with Crippen LogP contribution in [0, 0.1) is 11.7 Å². The maximum absolute atomic E-state index is 13.4. The second-order valence-electron chi connectivity index (χ2n) is 4.32. The average molecular weight is 300 g/mol. The first-order valence-corrected chi connectivity index (χ1v) is 6.42. The highest BCUT2D eigenvalue weighted by Gasteiger charge is 2.17. The summed E-state index contributed by atoms with van der Waals surface area (Å²) in [6.45, 7) is 4.16. The Morgan fingerprint density at radius 1 is 1.53 bits per heavy atom. The van der Waals surface area contributed by atoms with Crippen molar-refractivity contribution in [2.24, 2.45) is 11.7 Å². The van der Waals surface area contributed by atoms with Gasteiger partial charge in [-0.05, 0) is 27.9 Å². The Morgan fingerprint density at radius 3 is 2.88 bits per heavy atom. The van der Waals surface area contributed by atoms with E-state index < -0.39 is 0 Å². The molecule has 1 aromatic heterocycles. The van der Waals surface area contributed by atoms with Crippen LogP contribution in [-0.2, 0) is 0 Å². The van der Waals surface area contributed by atoms with E-state index in [0.717, 1.165) is 11.9 Å². The monoisotopic (exact) mass is 299 g/mol. The Bertz CT molecular complexity index is 499. The van der Waals surface area contributed by atoms with Crippen LogP contribution in [0.25, 0.3) is 11.0 Å². The van der Waals surface area contributed by atoms with E-state index in [1.165, 1.54) is 6.07 Å². The zero-order valence-electron chi connectivity index (χ0n) is 9.80. The van der Waals surface area contributed by atoms with Crippen molar-refractivity contribution >= 4 is 27.0 Å². The number of halogens is 2. The number of hydrogen-bond acceptors (Lipinski definition) is 2. The van der Waals surface area contributed by atoms with Gasteiger partial charge in [0.2, 0.25) is 0 Å². The lowest BCUT2D eigenvalue weighted by atomic mass is 10.00. The lowest BCUT2D eigenvalue weighted by molar-refractivity contribution is 0.442. The molecule has 0 radical (unpaired) electrons. The summed E-state index contributed by atoms with van der Waals surface area (Å²) in [7, 11) is 0. The predicted octanol–water partition coefficient (Wildman–Crippen LogP) is 3.51. The Labute approximate surface area is 108 Å². The second-order valence-corrected chi connectivity index (χ2v) is 5.17. The molecule has 0 saturated carbocycles. The van der Waals surface area contributed by atoms with Crippen molar-refractivity contribution in [3.05, 3.63) is 28.2 Å². The van der Waals surface area contributed by atoms with Gasteiger partial charge >= 0.3 is 0 Å². The van der Waals surface area contributed by atoms with Crippen molar-refractivity contribution in [2.75, 3.05) is 0 Å². The number of aromatic amines is 1. The number of imidazole rings is 1. The molecule has 2 unspecified atom stereocenters. The molecule has 3 N–H and O–H groups in total. The molecule has 2 rings (SSSR count). The number of nitrogens with one attached hydrogen (secondary N) is 1. The van der Waals surface area contributed by atoms with Gasteiger partial charge in [-0.25, -0.2) is 9.37 Å². The molecule has 2 atom stereocenters. The Balaban J connectivity index is 2.44. The summed E-state index contributed by atoms with van der Waals surface area (Å²) in [6, 6.07) is 2.95. The molecule has 3 nitrogen and oxygen atoms in total. The maximum atomic E-state index is 13.4. The minimum Gasteiger partial charge on any atom is -0.341 e. The molecule has 2 aromatic rings. The van der Waals surface area contributed by atoms with Crippen molar-refractivity contribution in [3.8, 4) is 0 Å². The van der Waals surface area contributed by atoms with E-state index in [0.29, 0.717) is 21.7 Å². The summed E-state index contributed by atoms with van der Waals surface area (Å²) < 4.78 is 13.8. The quantitative estimate of drug-likeness (QED) is 0.911. The standard InChI is InChI=1S/C12H15BrFN3/c1-3-6(2)11(15)12-16-9-4-7(13)8(14)5-10(9)17-12/h4-6,11H,3,15H2,1-2H3,(H,16,17). The van der Waals surface area contributed by atoms with Crippen LogP contribution in [0.5, 0.6) is 0 Å². The minimum absolute atomic E-state index is 0.144. The second kappa shape index (κ2) is 4.74. The van der Waals surface area contributed by atoms with E-state index in [4.69, 9.17) is 5.73 Å².